The van der Waals surface area contributed by atoms with Crippen LogP contribution in [0.3, 0.4) is 0 Å². The number of hydrogen-bond acceptors (Lipinski definition) is 4. The maximum absolute atomic E-state index is 6.40. The maximum Gasteiger partial charge on any atom is 0.135 e. The smallest absolute Gasteiger partial charge is 0.135 e. The zero-order valence-corrected chi connectivity index (χ0v) is 12.3. The van der Waals surface area contributed by atoms with E-state index in [0.717, 1.165) is 26.1 Å². The van der Waals surface area contributed by atoms with Crippen LogP contribution in [0.25, 0.3) is 0 Å². The van der Waals surface area contributed by atoms with Gasteiger partial charge in [-0.2, -0.15) is 0 Å². The lowest BCUT2D eigenvalue weighted by Gasteiger charge is -2.31. The number of benzene rings is 1. The van der Waals surface area contributed by atoms with Gasteiger partial charge in [0.2, 0.25) is 0 Å². The molecular weight excluding hydrogens is 236 g/mol. The highest BCUT2D eigenvalue weighted by molar-refractivity contribution is 5.49. The Bertz CT molecular complexity index is 379. The molecule has 0 saturated carbocycles. The molecule has 19 heavy (non-hydrogen) atoms. The van der Waals surface area contributed by atoms with Crippen LogP contribution < -0.4 is 10.6 Å². The third-order valence-electron chi connectivity index (χ3n) is 3.87. The molecule has 106 valence electrons. The van der Waals surface area contributed by atoms with E-state index < -0.39 is 0 Å². The summed E-state index contributed by atoms with van der Waals surface area (Å²) in [4.78, 5) is 6.95. The summed E-state index contributed by atoms with van der Waals surface area (Å²) in [6, 6.07) is 11.0. The summed E-state index contributed by atoms with van der Waals surface area (Å²) in [5.41, 5.74) is 7.63. The Morgan fingerprint density at radius 1 is 1.26 bits per heavy atom. The van der Waals surface area contributed by atoms with Gasteiger partial charge in [0.25, 0.3) is 0 Å². The van der Waals surface area contributed by atoms with E-state index >= 15 is 0 Å². The first kappa shape index (κ1) is 14.3. The number of anilines is 1. The minimum absolute atomic E-state index is 0.000405. The van der Waals surface area contributed by atoms with Crippen molar-refractivity contribution in [1.29, 1.82) is 0 Å². The zero-order valence-electron chi connectivity index (χ0n) is 12.3. The van der Waals surface area contributed by atoms with Gasteiger partial charge in [0.05, 0.1) is 0 Å². The fourth-order valence-corrected chi connectivity index (χ4v) is 2.78. The second kappa shape index (κ2) is 6.37. The number of para-hydroxylation sites is 1. The highest BCUT2D eigenvalue weighted by Gasteiger charge is 2.35. The standard InChI is InChI=1S/C15H26N4/c1-4-18-12-14(10-11-17(2)3)19(15(18)16)13-8-6-5-7-9-13/h5-9,14-15H,4,10-12,16H2,1-3H3. The Morgan fingerprint density at radius 3 is 2.53 bits per heavy atom. The normalized spacial score (nSPS) is 24.4. The minimum Gasteiger partial charge on any atom is -0.339 e. The first-order valence-electron chi connectivity index (χ1n) is 7.11. The molecule has 4 heteroatoms. The van der Waals surface area contributed by atoms with Crippen molar-refractivity contribution in [3.8, 4) is 0 Å². The van der Waals surface area contributed by atoms with Crippen LogP contribution in [-0.2, 0) is 0 Å². The van der Waals surface area contributed by atoms with Crippen molar-refractivity contribution in [2.75, 3.05) is 38.6 Å². The van der Waals surface area contributed by atoms with Gasteiger partial charge in [-0.1, -0.05) is 25.1 Å². The van der Waals surface area contributed by atoms with E-state index in [2.05, 4.69) is 66.1 Å². The highest BCUT2D eigenvalue weighted by Crippen LogP contribution is 2.27. The molecule has 2 atom stereocenters. The minimum atomic E-state index is -0.000405. The topological polar surface area (TPSA) is 35.7 Å². The molecule has 2 N–H and O–H groups in total. The van der Waals surface area contributed by atoms with E-state index in [-0.39, 0.29) is 6.29 Å². The molecule has 4 nitrogen and oxygen atoms in total. The van der Waals surface area contributed by atoms with Crippen molar-refractivity contribution >= 4 is 5.69 Å². The van der Waals surface area contributed by atoms with Crippen LogP contribution in [0.1, 0.15) is 13.3 Å². The molecule has 0 spiro atoms. The second-order valence-electron chi connectivity index (χ2n) is 5.49. The molecule has 0 bridgehead atoms. The van der Waals surface area contributed by atoms with Crippen molar-refractivity contribution < 1.29 is 0 Å². The lowest BCUT2D eigenvalue weighted by molar-refractivity contribution is 0.270. The van der Waals surface area contributed by atoms with Gasteiger partial charge in [-0.15, -0.1) is 0 Å². The van der Waals surface area contributed by atoms with E-state index in [9.17, 15) is 0 Å². The van der Waals surface area contributed by atoms with Gasteiger partial charge < -0.3 is 9.80 Å². The lowest BCUT2D eigenvalue weighted by Crippen LogP contribution is -2.47. The van der Waals surface area contributed by atoms with Gasteiger partial charge in [-0.3, -0.25) is 10.6 Å². The zero-order chi connectivity index (χ0) is 13.8. The molecule has 1 aliphatic rings. The van der Waals surface area contributed by atoms with Crippen molar-refractivity contribution in [1.82, 2.24) is 9.80 Å². The maximum atomic E-state index is 6.40. The van der Waals surface area contributed by atoms with Crippen LogP contribution in [0.15, 0.2) is 30.3 Å². The highest BCUT2D eigenvalue weighted by atomic mass is 15.5. The predicted octanol–water partition coefficient (Wildman–Crippen LogP) is 1.39. The van der Waals surface area contributed by atoms with Crippen molar-refractivity contribution in [3.63, 3.8) is 0 Å². The molecule has 0 radical (unpaired) electrons. The number of hydrogen-bond donors (Lipinski definition) is 1. The monoisotopic (exact) mass is 262 g/mol. The van der Waals surface area contributed by atoms with Gasteiger partial charge in [-0.25, -0.2) is 0 Å². The van der Waals surface area contributed by atoms with Gasteiger partial charge in [0.15, 0.2) is 0 Å². The Kier molecular flexibility index (Phi) is 4.80. The molecule has 1 fully saturated rings. The fourth-order valence-electron chi connectivity index (χ4n) is 2.78. The van der Waals surface area contributed by atoms with Crippen molar-refractivity contribution in [2.45, 2.75) is 25.7 Å². The molecule has 2 unspecified atom stereocenters. The molecule has 0 aromatic heterocycles. The molecule has 2 rings (SSSR count). The van der Waals surface area contributed by atoms with E-state index in [4.69, 9.17) is 5.73 Å². The number of rotatable bonds is 5. The molecule has 0 amide bonds. The summed E-state index contributed by atoms with van der Waals surface area (Å²) >= 11 is 0. The molecule has 1 heterocycles. The largest absolute Gasteiger partial charge is 0.339 e. The van der Waals surface area contributed by atoms with Crippen LogP contribution in [0.2, 0.25) is 0 Å². The molecule has 1 saturated heterocycles. The Morgan fingerprint density at radius 2 is 1.95 bits per heavy atom. The van der Waals surface area contributed by atoms with E-state index in [1.807, 2.05) is 0 Å². The average molecular weight is 262 g/mol. The Labute approximate surface area is 116 Å². The summed E-state index contributed by atoms with van der Waals surface area (Å²) in [6.07, 6.45) is 1.14. The van der Waals surface area contributed by atoms with Crippen molar-refractivity contribution in [2.24, 2.45) is 5.73 Å². The molecular formula is C15H26N4. The van der Waals surface area contributed by atoms with Crippen LogP contribution >= 0.6 is 0 Å². The SMILES string of the molecule is CCN1CC(CCN(C)C)N(c2ccccc2)C1N. The first-order chi connectivity index (χ1) is 9.13. The third-order valence-corrected chi connectivity index (χ3v) is 3.87. The Balaban J connectivity index is 2.15. The Hall–Kier alpha value is -1.10. The van der Waals surface area contributed by atoms with Gasteiger partial charge in [-0.05, 0) is 45.7 Å². The van der Waals surface area contributed by atoms with E-state index in [1.54, 1.807) is 0 Å². The van der Waals surface area contributed by atoms with Gasteiger partial charge >= 0.3 is 0 Å². The van der Waals surface area contributed by atoms with Crippen LogP contribution in [0.5, 0.6) is 0 Å². The van der Waals surface area contributed by atoms with Gasteiger partial charge in [0.1, 0.15) is 6.29 Å². The summed E-state index contributed by atoms with van der Waals surface area (Å²) in [5.74, 6) is 0. The summed E-state index contributed by atoms with van der Waals surface area (Å²) in [5, 5.41) is 0. The third kappa shape index (κ3) is 3.26. The fraction of sp³-hybridized carbons (Fsp3) is 0.600. The molecule has 0 aliphatic carbocycles. The molecule has 1 aliphatic heterocycles. The van der Waals surface area contributed by atoms with Gasteiger partial charge in [0, 0.05) is 18.3 Å². The summed E-state index contributed by atoms with van der Waals surface area (Å²) < 4.78 is 0. The summed E-state index contributed by atoms with van der Waals surface area (Å²) in [6.45, 7) is 5.33. The number of nitrogens with two attached hydrogens (primary N) is 1. The second-order valence-corrected chi connectivity index (χ2v) is 5.49. The molecule has 1 aromatic carbocycles. The van der Waals surface area contributed by atoms with Crippen molar-refractivity contribution in [3.05, 3.63) is 30.3 Å². The summed E-state index contributed by atoms with van der Waals surface area (Å²) in [7, 11) is 4.25. The molecule has 1 aromatic rings. The van der Waals surface area contributed by atoms with Crippen LogP contribution in [-0.4, -0.2) is 55.9 Å². The van der Waals surface area contributed by atoms with E-state index in [0.29, 0.717) is 6.04 Å². The average Bonchev–Trinajstić information content (AvgIpc) is 2.73. The lowest BCUT2D eigenvalue weighted by atomic mass is 10.1. The number of nitrogens with zero attached hydrogens (tertiary/aromatic N) is 3. The first-order valence-corrected chi connectivity index (χ1v) is 7.11. The van der Waals surface area contributed by atoms with Crippen LogP contribution in [0, 0.1) is 0 Å². The number of likely N-dealkylation sites (N-methyl/N-ethyl adjacent to an activating group) is 1. The van der Waals surface area contributed by atoms with E-state index in [1.165, 1.54) is 5.69 Å². The predicted molar refractivity (Wildman–Crippen MR) is 81.1 cm³/mol. The quantitative estimate of drug-likeness (QED) is 0.870. The van der Waals surface area contributed by atoms with Crippen LogP contribution in [0.4, 0.5) is 5.69 Å².